The van der Waals surface area contributed by atoms with Crippen molar-refractivity contribution in [3.63, 3.8) is 0 Å². The van der Waals surface area contributed by atoms with Crippen LogP contribution in [0.1, 0.15) is 17.0 Å². The Morgan fingerprint density at radius 3 is 2.27 bits per heavy atom. The Balaban J connectivity index is 1.74. The number of halogens is 1. The zero-order chi connectivity index (χ0) is 18.5. The van der Waals surface area contributed by atoms with Gasteiger partial charge in [0.25, 0.3) is 0 Å². The third-order valence-electron chi connectivity index (χ3n) is 3.78. The van der Waals surface area contributed by atoms with Crippen molar-refractivity contribution in [2.75, 3.05) is 5.32 Å². The summed E-state index contributed by atoms with van der Waals surface area (Å²) in [6.45, 7) is 3.61. The van der Waals surface area contributed by atoms with Crippen LogP contribution in [0.3, 0.4) is 0 Å². The maximum Gasteiger partial charge on any atom is 0.322 e. The molecule has 0 fully saturated rings. The molecule has 0 aliphatic carbocycles. The largest absolute Gasteiger partial charge is 0.424 e. The van der Waals surface area contributed by atoms with Crippen LogP contribution in [0, 0.1) is 13.8 Å². The molecule has 6 heteroatoms. The van der Waals surface area contributed by atoms with Gasteiger partial charge in [0.2, 0.25) is 5.91 Å². The average molecular weight is 368 g/mol. The number of carbonyl (C=O) groups is 1. The highest BCUT2D eigenvalue weighted by atomic mass is 35.5. The molecule has 0 saturated heterocycles. The third-order valence-corrected chi connectivity index (χ3v) is 4.14. The zero-order valence-corrected chi connectivity index (χ0v) is 15.2. The van der Waals surface area contributed by atoms with E-state index in [1.54, 1.807) is 19.9 Å². The van der Waals surface area contributed by atoms with Crippen LogP contribution in [-0.2, 0) is 11.2 Å². The maximum atomic E-state index is 12.4. The summed E-state index contributed by atoms with van der Waals surface area (Å²) in [6.07, 6.45) is 0.181. The van der Waals surface area contributed by atoms with Crippen LogP contribution in [0.15, 0.2) is 54.6 Å². The molecule has 1 N–H and O–H groups in total. The van der Waals surface area contributed by atoms with Crippen molar-refractivity contribution in [1.29, 1.82) is 0 Å². The summed E-state index contributed by atoms with van der Waals surface area (Å²) in [7, 11) is 0. The van der Waals surface area contributed by atoms with Gasteiger partial charge in [-0.2, -0.15) is 9.97 Å². The minimum absolute atomic E-state index is 0.176. The van der Waals surface area contributed by atoms with E-state index in [1.165, 1.54) is 0 Å². The molecule has 0 radical (unpaired) electrons. The van der Waals surface area contributed by atoms with Crippen LogP contribution in [0.4, 0.5) is 5.69 Å². The lowest BCUT2D eigenvalue weighted by Gasteiger charge is -2.13. The van der Waals surface area contributed by atoms with E-state index in [9.17, 15) is 4.79 Å². The Morgan fingerprint density at radius 2 is 1.62 bits per heavy atom. The fourth-order valence-corrected chi connectivity index (χ4v) is 2.71. The molecular formula is C20H18ClN3O2. The Hall–Kier alpha value is -2.92. The first-order valence-electron chi connectivity index (χ1n) is 8.14. The predicted molar refractivity (Wildman–Crippen MR) is 102 cm³/mol. The molecule has 3 rings (SSSR count). The van der Waals surface area contributed by atoms with Crippen molar-refractivity contribution in [2.45, 2.75) is 20.3 Å². The molecule has 1 aromatic heterocycles. The quantitative estimate of drug-likeness (QED) is 0.708. The van der Waals surface area contributed by atoms with E-state index in [4.69, 9.17) is 16.3 Å². The SMILES string of the molecule is Cc1nc(Oc2ccccc2)nc(C)c1NC(=O)Cc1ccccc1Cl. The van der Waals surface area contributed by atoms with E-state index in [1.807, 2.05) is 48.5 Å². The number of benzene rings is 2. The van der Waals surface area contributed by atoms with E-state index in [0.717, 1.165) is 5.56 Å². The molecule has 3 aromatic rings. The highest BCUT2D eigenvalue weighted by Crippen LogP contribution is 2.24. The number of para-hydroxylation sites is 1. The number of hydrogen-bond donors (Lipinski definition) is 1. The maximum absolute atomic E-state index is 12.4. The Morgan fingerprint density at radius 1 is 1.00 bits per heavy atom. The third kappa shape index (κ3) is 4.37. The molecule has 0 saturated carbocycles. The van der Waals surface area contributed by atoms with Crippen LogP contribution in [-0.4, -0.2) is 15.9 Å². The highest BCUT2D eigenvalue weighted by molar-refractivity contribution is 6.31. The number of amides is 1. The average Bonchev–Trinajstić information content (AvgIpc) is 2.61. The van der Waals surface area contributed by atoms with Crippen LogP contribution in [0.5, 0.6) is 11.8 Å². The highest BCUT2D eigenvalue weighted by Gasteiger charge is 2.14. The summed E-state index contributed by atoms with van der Waals surface area (Å²) >= 11 is 6.11. The summed E-state index contributed by atoms with van der Waals surface area (Å²) in [5.41, 5.74) is 2.63. The number of hydrogen-bond acceptors (Lipinski definition) is 4. The van der Waals surface area contributed by atoms with E-state index in [-0.39, 0.29) is 18.3 Å². The fourth-order valence-electron chi connectivity index (χ4n) is 2.50. The standard InChI is InChI=1S/C20H18ClN3O2/c1-13-19(24-18(25)12-15-8-6-7-11-17(15)21)14(2)23-20(22-13)26-16-9-4-3-5-10-16/h3-11H,12H2,1-2H3,(H,24,25). The monoisotopic (exact) mass is 367 g/mol. The molecule has 0 spiro atoms. The van der Waals surface area contributed by atoms with Crippen molar-refractivity contribution in [2.24, 2.45) is 0 Å². The first-order valence-corrected chi connectivity index (χ1v) is 8.52. The van der Waals surface area contributed by atoms with Crippen LogP contribution < -0.4 is 10.1 Å². The van der Waals surface area contributed by atoms with Gasteiger partial charge in [-0.25, -0.2) is 0 Å². The summed E-state index contributed by atoms with van der Waals surface area (Å²) in [5, 5.41) is 3.44. The van der Waals surface area contributed by atoms with Crippen molar-refractivity contribution in [1.82, 2.24) is 9.97 Å². The Bertz CT molecular complexity index is 906. The lowest BCUT2D eigenvalue weighted by atomic mass is 10.1. The van der Waals surface area contributed by atoms with E-state index < -0.39 is 0 Å². The molecule has 132 valence electrons. The molecular weight excluding hydrogens is 350 g/mol. The fraction of sp³-hybridized carbons (Fsp3) is 0.150. The van der Waals surface area contributed by atoms with Crippen molar-refractivity contribution < 1.29 is 9.53 Å². The van der Waals surface area contributed by atoms with E-state index in [2.05, 4.69) is 15.3 Å². The molecule has 5 nitrogen and oxygen atoms in total. The number of nitrogens with one attached hydrogen (secondary N) is 1. The molecule has 0 aliphatic heterocycles. The van der Waals surface area contributed by atoms with E-state index >= 15 is 0 Å². The number of aromatic nitrogens is 2. The molecule has 0 bridgehead atoms. The number of aryl methyl sites for hydroxylation is 2. The summed E-state index contributed by atoms with van der Waals surface area (Å²) in [6, 6.07) is 16.8. The minimum atomic E-state index is -0.176. The van der Waals surface area contributed by atoms with Gasteiger partial charge >= 0.3 is 6.01 Å². The molecule has 2 aromatic carbocycles. The second-order valence-corrected chi connectivity index (χ2v) is 6.19. The first kappa shape index (κ1) is 17.9. The van der Waals surface area contributed by atoms with Gasteiger partial charge in [-0.1, -0.05) is 48.0 Å². The van der Waals surface area contributed by atoms with Crippen LogP contribution >= 0.6 is 11.6 Å². The number of rotatable bonds is 5. The second-order valence-electron chi connectivity index (χ2n) is 5.78. The van der Waals surface area contributed by atoms with Gasteiger partial charge in [0, 0.05) is 5.02 Å². The first-order chi connectivity index (χ1) is 12.5. The van der Waals surface area contributed by atoms with Crippen LogP contribution in [0.2, 0.25) is 5.02 Å². The second kappa shape index (κ2) is 7.97. The topological polar surface area (TPSA) is 64.1 Å². The lowest BCUT2D eigenvalue weighted by Crippen LogP contribution is -2.17. The Labute approximate surface area is 157 Å². The molecule has 0 atom stereocenters. The summed E-state index contributed by atoms with van der Waals surface area (Å²) in [4.78, 5) is 21.0. The Kier molecular flexibility index (Phi) is 5.49. The minimum Gasteiger partial charge on any atom is -0.424 e. The molecule has 0 unspecified atom stereocenters. The van der Waals surface area contributed by atoms with Gasteiger partial charge in [0.15, 0.2) is 0 Å². The number of ether oxygens (including phenoxy) is 1. The van der Waals surface area contributed by atoms with Gasteiger partial charge in [-0.3, -0.25) is 4.79 Å². The number of nitrogens with zero attached hydrogens (tertiary/aromatic N) is 2. The lowest BCUT2D eigenvalue weighted by molar-refractivity contribution is -0.115. The van der Waals surface area contributed by atoms with Gasteiger partial charge in [-0.15, -0.1) is 0 Å². The van der Waals surface area contributed by atoms with E-state index in [0.29, 0.717) is 27.8 Å². The smallest absolute Gasteiger partial charge is 0.322 e. The van der Waals surface area contributed by atoms with Crippen LogP contribution in [0.25, 0.3) is 0 Å². The molecule has 0 aliphatic rings. The molecule has 1 heterocycles. The molecule has 26 heavy (non-hydrogen) atoms. The number of carbonyl (C=O) groups excluding carboxylic acids is 1. The number of anilines is 1. The summed E-state index contributed by atoms with van der Waals surface area (Å²) < 4.78 is 5.66. The normalized spacial score (nSPS) is 10.4. The van der Waals surface area contributed by atoms with Gasteiger partial charge in [-0.05, 0) is 37.6 Å². The van der Waals surface area contributed by atoms with Gasteiger partial charge in [0.1, 0.15) is 5.75 Å². The van der Waals surface area contributed by atoms with Crippen molar-refractivity contribution in [3.05, 3.63) is 76.6 Å². The van der Waals surface area contributed by atoms with Crippen molar-refractivity contribution in [3.8, 4) is 11.8 Å². The predicted octanol–water partition coefficient (Wildman–Crippen LogP) is 4.72. The summed E-state index contributed by atoms with van der Waals surface area (Å²) in [5.74, 6) is 0.478. The van der Waals surface area contributed by atoms with Gasteiger partial charge in [0.05, 0.1) is 23.5 Å². The van der Waals surface area contributed by atoms with Crippen molar-refractivity contribution >= 4 is 23.2 Å². The van der Waals surface area contributed by atoms with Gasteiger partial charge < -0.3 is 10.1 Å². The molecule has 1 amide bonds. The zero-order valence-electron chi connectivity index (χ0n) is 14.5.